The van der Waals surface area contributed by atoms with Crippen LogP contribution in [0.5, 0.6) is 0 Å². The van der Waals surface area contributed by atoms with E-state index >= 15 is 0 Å². The maximum atomic E-state index is 12.3. The molecule has 0 spiro atoms. The number of nitrogens with zero attached hydrogens (tertiary/aromatic N) is 1. The molecule has 0 amide bonds. The van der Waals surface area contributed by atoms with E-state index in [4.69, 9.17) is 9.47 Å². The predicted octanol–water partition coefficient (Wildman–Crippen LogP) is 3.18. The zero-order valence-corrected chi connectivity index (χ0v) is 15.2. The number of H-pyrrole nitrogens is 1. The first-order chi connectivity index (χ1) is 12.7. The van der Waals surface area contributed by atoms with Crippen LogP contribution in [-0.2, 0) is 20.7 Å². The van der Waals surface area contributed by atoms with Crippen LogP contribution >= 0.6 is 0 Å². The van der Waals surface area contributed by atoms with Crippen molar-refractivity contribution in [3.63, 3.8) is 0 Å². The second-order valence-corrected chi connectivity index (χ2v) is 7.74. The highest BCUT2D eigenvalue weighted by Gasteiger charge is 2.46. The van der Waals surface area contributed by atoms with Crippen molar-refractivity contribution in [1.29, 1.82) is 0 Å². The topological polar surface area (TPSA) is 54.6 Å². The molecule has 5 rings (SSSR count). The molecule has 5 heteroatoms. The fraction of sp³-hybridized carbons (Fsp3) is 0.476. The summed E-state index contributed by atoms with van der Waals surface area (Å²) in [5.41, 5.74) is 4.69. The van der Waals surface area contributed by atoms with Crippen LogP contribution in [-0.4, -0.2) is 42.2 Å². The fourth-order valence-corrected chi connectivity index (χ4v) is 5.19. The molecule has 1 aromatic heterocycles. The average Bonchev–Trinajstić information content (AvgIpc) is 3.06. The van der Waals surface area contributed by atoms with E-state index in [0.717, 1.165) is 25.9 Å². The van der Waals surface area contributed by atoms with Gasteiger partial charge in [0.05, 0.1) is 31.1 Å². The molecule has 1 fully saturated rings. The summed E-state index contributed by atoms with van der Waals surface area (Å²) in [6.07, 6.45) is 3.77. The Bertz CT molecular complexity index is 900. The molecule has 26 heavy (non-hydrogen) atoms. The molecule has 1 N–H and O–H groups in total. The van der Waals surface area contributed by atoms with Gasteiger partial charge in [0.15, 0.2) is 0 Å². The SMILES string of the molecule is COC(=O)C1=CO[C@@H](C)C2CN3CCc4c([nH]c5ccccc45)[C@H]3C[C@@H]12. The van der Waals surface area contributed by atoms with Gasteiger partial charge in [-0.25, -0.2) is 4.79 Å². The second-order valence-electron chi connectivity index (χ2n) is 7.74. The Morgan fingerprint density at radius 3 is 3.04 bits per heavy atom. The minimum absolute atomic E-state index is 0.124. The zero-order valence-electron chi connectivity index (χ0n) is 15.2. The van der Waals surface area contributed by atoms with E-state index in [1.165, 1.54) is 29.3 Å². The van der Waals surface area contributed by atoms with Crippen molar-refractivity contribution in [1.82, 2.24) is 9.88 Å². The van der Waals surface area contributed by atoms with Crippen LogP contribution in [0.25, 0.3) is 10.9 Å². The minimum atomic E-state index is -0.256. The quantitative estimate of drug-likeness (QED) is 0.801. The number of nitrogens with one attached hydrogen (secondary N) is 1. The molecular weight excluding hydrogens is 328 g/mol. The van der Waals surface area contributed by atoms with Crippen molar-refractivity contribution >= 4 is 16.9 Å². The van der Waals surface area contributed by atoms with E-state index in [0.29, 0.717) is 17.5 Å². The first kappa shape index (κ1) is 15.9. The lowest BCUT2D eigenvalue weighted by Gasteiger charge is -2.49. The molecule has 3 aliphatic rings. The van der Waals surface area contributed by atoms with Gasteiger partial charge < -0.3 is 14.5 Å². The summed E-state index contributed by atoms with van der Waals surface area (Å²) in [7, 11) is 1.45. The van der Waals surface area contributed by atoms with Crippen molar-refractivity contribution in [2.24, 2.45) is 11.8 Å². The number of esters is 1. The van der Waals surface area contributed by atoms with Gasteiger partial charge in [0.2, 0.25) is 0 Å². The molecule has 4 heterocycles. The van der Waals surface area contributed by atoms with Crippen molar-refractivity contribution < 1.29 is 14.3 Å². The predicted molar refractivity (Wildman–Crippen MR) is 98.6 cm³/mol. The number of ether oxygens (including phenoxy) is 2. The molecular formula is C21H24N2O3. The monoisotopic (exact) mass is 352 g/mol. The lowest BCUT2D eigenvalue weighted by molar-refractivity contribution is -0.139. The summed E-state index contributed by atoms with van der Waals surface area (Å²) in [4.78, 5) is 18.5. The summed E-state index contributed by atoms with van der Waals surface area (Å²) < 4.78 is 10.8. The van der Waals surface area contributed by atoms with Crippen molar-refractivity contribution in [2.45, 2.75) is 31.9 Å². The number of hydrogen-bond donors (Lipinski definition) is 1. The van der Waals surface area contributed by atoms with Crippen molar-refractivity contribution in [3.05, 3.63) is 47.4 Å². The number of fused-ring (bicyclic) bond motifs is 6. The highest BCUT2D eigenvalue weighted by molar-refractivity contribution is 5.89. The second kappa shape index (κ2) is 5.88. The number of aromatic amines is 1. The fourth-order valence-electron chi connectivity index (χ4n) is 5.19. The van der Waals surface area contributed by atoms with Crippen LogP contribution < -0.4 is 0 Å². The number of methoxy groups -OCH3 is 1. The Morgan fingerprint density at radius 1 is 1.35 bits per heavy atom. The van der Waals surface area contributed by atoms with Crippen LogP contribution in [0.1, 0.15) is 30.6 Å². The van der Waals surface area contributed by atoms with E-state index in [1.54, 1.807) is 6.26 Å². The van der Waals surface area contributed by atoms with Gasteiger partial charge in [-0.3, -0.25) is 4.90 Å². The van der Waals surface area contributed by atoms with Crippen LogP contribution in [0.15, 0.2) is 36.1 Å². The number of carbonyl (C=O) groups excluding carboxylic acids is 1. The molecule has 1 aromatic carbocycles. The van der Waals surface area contributed by atoms with Crippen LogP contribution in [0, 0.1) is 11.8 Å². The van der Waals surface area contributed by atoms with Crippen LogP contribution in [0.4, 0.5) is 0 Å². The maximum Gasteiger partial charge on any atom is 0.337 e. The highest BCUT2D eigenvalue weighted by Crippen LogP contribution is 2.47. The summed E-state index contributed by atoms with van der Waals surface area (Å²) in [6, 6.07) is 8.88. The van der Waals surface area contributed by atoms with Gasteiger partial charge in [-0.1, -0.05) is 18.2 Å². The maximum absolute atomic E-state index is 12.3. The normalized spacial score (nSPS) is 30.6. The number of piperidine rings is 1. The minimum Gasteiger partial charge on any atom is -0.497 e. The summed E-state index contributed by atoms with van der Waals surface area (Å²) in [6.45, 7) is 4.13. The van der Waals surface area contributed by atoms with Gasteiger partial charge in [0.25, 0.3) is 0 Å². The summed E-state index contributed by atoms with van der Waals surface area (Å²) in [5, 5.41) is 1.34. The first-order valence-electron chi connectivity index (χ1n) is 9.44. The lowest BCUT2D eigenvalue weighted by Crippen LogP contribution is -2.51. The molecule has 2 aromatic rings. The van der Waals surface area contributed by atoms with Gasteiger partial charge in [0.1, 0.15) is 0 Å². The third kappa shape index (κ3) is 2.23. The molecule has 4 atom stereocenters. The molecule has 0 saturated carbocycles. The van der Waals surface area contributed by atoms with Gasteiger partial charge in [-0.05, 0) is 31.4 Å². The standard InChI is InChI=1S/C21H24N2O3/c1-12-16-10-23-8-7-14-13-5-3-4-6-18(13)22-20(14)19(23)9-15(16)17(11-26-12)21(24)25-2/h3-6,11-12,15-16,19,22H,7-10H2,1-2H3/t12-,15+,16?,19+/m0/s1. The van der Waals surface area contributed by atoms with Crippen molar-refractivity contribution in [3.8, 4) is 0 Å². The number of rotatable bonds is 1. The molecule has 0 aliphatic carbocycles. The number of para-hydroxylation sites is 1. The number of carbonyl (C=O) groups is 1. The van der Waals surface area contributed by atoms with E-state index < -0.39 is 0 Å². The Morgan fingerprint density at radius 2 is 2.19 bits per heavy atom. The van der Waals surface area contributed by atoms with Crippen LogP contribution in [0.2, 0.25) is 0 Å². The number of benzene rings is 1. The van der Waals surface area contributed by atoms with Gasteiger partial charge in [0, 0.05) is 41.5 Å². The molecule has 1 unspecified atom stereocenters. The third-order valence-electron chi connectivity index (χ3n) is 6.54. The molecule has 136 valence electrons. The lowest BCUT2D eigenvalue weighted by atomic mass is 9.72. The van der Waals surface area contributed by atoms with Gasteiger partial charge >= 0.3 is 5.97 Å². The highest BCUT2D eigenvalue weighted by atomic mass is 16.5. The molecule has 0 bridgehead atoms. The molecule has 0 radical (unpaired) electrons. The molecule has 1 saturated heterocycles. The Hall–Kier alpha value is -2.27. The van der Waals surface area contributed by atoms with E-state index in [-0.39, 0.29) is 18.0 Å². The van der Waals surface area contributed by atoms with Crippen LogP contribution in [0.3, 0.4) is 0 Å². The first-order valence-corrected chi connectivity index (χ1v) is 9.44. The largest absolute Gasteiger partial charge is 0.497 e. The molecule has 5 nitrogen and oxygen atoms in total. The van der Waals surface area contributed by atoms with Crippen molar-refractivity contribution in [2.75, 3.05) is 20.2 Å². The average molecular weight is 352 g/mol. The van der Waals surface area contributed by atoms with Gasteiger partial charge in [-0.15, -0.1) is 0 Å². The Labute approximate surface area is 153 Å². The summed E-state index contributed by atoms with van der Waals surface area (Å²) >= 11 is 0. The van der Waals surface area contributed by atoms with Gasteiger partial charge in [-0.2, -0.15) is 0 Å². The Balaban J connectivity index is 1.55. The molecule has 3 aliphatic heterocycles. The summed E-state index contributed by atoms with van der Waals surface area (Å²) in [5.74, 6) is 0.258. The third-order valence-corrected chi connectivity index (χ3v) is 6.54. The smallest absolute Gasteiger partial charge is 0.337 e. The number of hydrogen-bond acceptors (Lipinski definition) is 4. The number of aromatic nitrogens is 1. The van der Waals surface area contributed by atoms with E-state index in [1.807, 2.05) is 0 Å². The van der Waals surface area contributed by atoms with E-state index in [9.17, 15) is 4.79 Å². The van der Waals surface area contributed by atoms with E-state index in [2.05, 4.69) is 41.1 Å². The zero-order chi connectivity index (χ0) is 17.8. The Kier molecular flexibility index (Phi) is 3.60.